The number of hydrogen-bond acceptors (Lipinski definition) is 3. The molecule has 1 rings (SSSR count). The van der Waals surface area contributed by atoms with Crippen LogP contribution in [0.25, 0.3) is 0 Å². The van der Waals surface area contributed by atoms with Gasteiger partial charge in [-0.15, -0.1) is 6.58 Å². The molecule has 1 aromatic heterocycles. The van der Waals surface area contributed by atoms with Crippen LogP contribution in [0.1, 0.15) is 24.4 Å². The normalized spacial score (nSPS) is 12.4. The van der Waals surface area contributed by atoms with E-state index in [1.807, 2.05) is 25.5 Å². The molecule has 0 bridgehead atoms. The zero-order chi connectivity index (χ0) is 9.52. The summed E-state index contributed by atoms with van der Waals surface area (Å²) in [5.74, 6) is 0. The highest BCUT2D eigenvalue weighted by atomic mass is 14.9. The minimum atomic E-state index is 0.333. The summed E-state index contributed by atoms with van der Waals surface area (Å²) >= 11 is 0. The van der Waals surface area contributed by atoms with E-state index in [1.54, 1.807) is 6.33 Å². The molecule has 3 heteroatoms. The first-order valence-corrected chi connectivity index (χ1v) is 4.41. The standard InChI is InChI=1S/C10H15N3/c1-3-4-5-10(11-2)9-6-12-8-13-7-9/h3,6-8,10-11H,1,4-5H2,2H3. The molecule has 3 nitrogen and oxygen atoms in total. The highest BCUT2D eigenvalue weighted by Gasteiger charge is 2.07. The van der Waals surface area contributed by atoms with Crippen molar-refractivity contribution in [1.29, 1.82) is 0 Å². The van der Waals surface area contributed by atoms with Crippen molar-refractivity contribution < 1.29 is 0 Å². The lowest BCUT2D eigenvalue weighted by molar-refractivity contribution is 0.551. The number of rotatable bonds is 5. The Hall–Kier alpha value is -1.22. The Kier molecular flexibility index (Phi) is 4.12. The summed E-state index contributed by atoms with van der Waals surface area (Å²) < 4.78 is 0. The van der Waals surface area contributed by atoms with Crippen LogP contribution in [0.15, 0.2) is 31.4 Å². The van der Waals surface area contributed by atoms with Gasteiger partial charge in [-0.1, -0.05) is 6.08 Å². The van der Waals surface area contributed by atoms with Gasteiger partial charge in [0.15, 0.2) is 0 Å². The van der Waals surface area contributed by atoms with Crippen molar-refractivity contribution >= 4 is 0 Å². The Morgan fingerprint density at radius 1 is 1.54 bits per heavy atom. The first-order chi connectivity index (χ1) is 6.38. The lowest BCUT2D eigenvalue weighted by Crippen LogP contribution is -2.16. The average Bonchev–Trinajstić information content (AvgIpc) is 2.21. The third-order valence-electron chi connectivity index (χ3n) is 1.99. The Balaban J connectivity index is 2.61. The third-order valence-corrected chi connectivity index (χ3v) is 1.99. The molecule has 0 aliphatic rings. The molecule has 1 unspecified atom stereocenters. The summed E-state index contributed by atoms with van der Waals surface area (Å²) in [5, 5.41) is 3.23. The van der Waals surface area contributed by atoms with Crippen LogP contribution in [-0.4, -0.2) is 17.0 Å². The van der Waals surface area contributed by atoms with Gasteiger partial charge in [0.25, 0.3) is 0 Å². The first-order valence-electron chi connectivity index (χ1n) is 4.41. The van der Waals surface area contributed by atoms with Crippen molar-refractivity contribution in [3.63, 3.8) is 0 Å². The predicted octanol–water partition coefficient (Wildman–Crippen LogP) is 1.70. The minimum absolute atomic E-state index is 0.333. The number of allylic oxidation sites excluding steroid dienone is 1. The van der Waals surface area contributed by atoms with Gasteiger partial charge in [0.05, 0.1) is 0 Å². The molecule has 1 aromatic rings. The van der Waals surface area contributed by atoms with Crippen LogP contribution in [0.5, 0.6) is 0 Å². The van der Waals surface area contributed by atoms with Gasteiger partial charge < -0.3 is 5.32 Å². The molecule has 70 valence electrons. The average molecular weight is 177 g/mol. The Morgan fingerprint density at radius 3 is 2.77 bits per heavy atom. The zero-order valence-corrected chi connectivity index (χ0v) is 7.90. The molecule has 0 radical (unpaired) electrons. The van der Waals surface area contributed by atoms with E-state index in [4.69, 9.17) is 0 Å². The third kappa shape index (κ3) is 2.95. The van der Waals surface area contributed by atoms with Gasteiger partial charge in [-0.25, -0.2) is 9.97 Å². The molecule has 0 aliphatic heterocycles. The summed E-state index contributed by atoms with van der Waals surface area (Å²) in [6.07, 6.45) is 9.19. The summed E-state index contributed by atoms with van der Waals surface area (Å²) in [7, 11) is 1.95. The van der Waals surface area contributed by atoms with Crippen molar-refractivity contribution in [2.45, 2.75) is 18.9 Å². The first kappa shape index (κ1) is 9.86. The van der Waals surface area contributed by atoms with E-state index in [0.29, 0.717) is 6.04 Å². The number of nitrogens with one attached hydrogen (secondary N) is 1. The summed E-state index contributed by atoms with van der Waals surface area (Å²) in [6.45, 7) is 3.70. The van der Waals surface area contributed by atoms with Gasteiger partial charge in [0.2, 0.25) is 0 Å². The van der Waals surface area contributed by atoms with Crippen LogP contribution in [0.3, 0.4) is 0 Å². The molecule has 1 N–H and O–H groups in total. The molecule has 0 saturated carbocycles. The molecule has 0 saturated heterocycles. The van der Waals surface area contributed by atoms with Gasteiger partial charge in [-0.05, 0) is 19.9 Å². The van der Waals surface area contributed by atoms with E-state index in [1.165, 1.54) is 0 Å². The fraction of sp³-hybridized carbons (Fsp3) is 0.400. The predicted molar refractivity (Wildman–Crippen MR) is 53.3 cm³/mol. The van der Waals surface area contributed by atoms with Crippen LogP contribution < -0.4 is 5.32 Å². The Morgan fingerprint density at radius 2 is 2.23 bits per heavy atom. The second kappa shape index (κ2) is 5.43. The van der Waals surface area contributed by atoms with Crippen LogP contribution in [0, 0.1) is 0 Å². The van der Waals surface area contributed by atoms with E-state index >= 15 is 0 Å². The Labute approximate surface area is 78.9 Å². The molecule has 0 amide bonds. The van der Waals surface area contributed by atoms with Crippen molar-refractivity contribution in [2.24, 2.45) is 0 Å². The largest absolute Gasteiger partial charge is 0.313 e. The van der Waals surface area contributed by atoms with Crippen molar-refractivity contribution in [3.05, 3.63) is 36.9 Å². The van der Waals surface area contributed by atoms with Gasteiger partial charge in [-0.2, -0.15) is 0 Å². The molecular formula is C10H15N3. The molecule has 0 aromatic carbocycles. The maximum atomic E-state index is 3.98. The summed E-state index contributed by atoms with van der Waals surface area (Å²) in [5.41, 5.74) is 1.13. The second-order valence-electron chi connectivity index (χ2n) is 2.88. The molecule has 0 aliphatic carbocycles. The van der Waals surface area contributed by atoms with Crippen molar-refractivity contribution in [3.8, 4) is 0 Å². The second-order valence-corrected chi connectivity index (χ2v) is 2.88. The molecule has 1 atom stereocenters. The molecule has 0 fully saturated rings. The monoisotopic (exact) mass is 177 g/mol. The van der Waals surface area contributed by atoms with Crippen molar-refractivity contribution in [1.82, 2.24) is 15.3 Å². The van der Waals surface area contributed by atoms with Crippen LogP contribution >= 0.6 is 0 Å². The number of aromatic nitrogens is 2. The summed E-state index contributed by atoms with van der Waals surface area (Å²) in [6, 6.07) is 0.333. The molecule has 0 spiro atoms. The van der Waals surface area contributed by atoms with E-state index in [0.717, 1.165) is 18.4 Å². The highest BCUT2D eigenvalue weighted by molar-refractivity contribution is 5.08. The topological polar surface area (TPSA) is 37.8 Å². The maximum absolute atomic E-state index is 3.98. The lowest BCUT2D eigenvalue weighted by atomic mass is 10.1. The van der Waals surface area contributed by atoms with Gasteiger partial charge in [0, 0.05) is 24.0 Å². The smallest absolute Gasteiger partial charge is 0.115 e. The maximum Gasteiger partial charge on any atom is 0.115 e. The van der Waals surface area contributed by atoms with E-state index in [9.17, 15) is 0 Å². The van der Waals surface area contributed by atoms with Crippen LogP contribution in [0.4, 0.5) is 0 Å². The molecule has 1 heterocycles. The van der Waals surface area contributed by atoms with Crippen LogP contribution in [-0.2, 0) is 0 Å². The van der Waals surface area contributed by atoms with E-state index in [2.05, 4.69) is 21.9 Å². The Bertz CT molecular complexity index is 246. The highest BCUT2D eigenvalue weighted by Crippen LogP contribution is 2.15. The lowest BCUT2D eigenvalue weighted by Gasteiger charge is -2.14. The van der Waals surface area contributed by atoms with E-state index < -0.39 is 0 Å². The fourth-order valence-electron chi connectivity index (χ4n) is 1.25. The molecule has 13 heavy (non-hydrogen) atoms. The number of hydrogen-bond donors (Lipinski definition) is 1. The van der Waals surface area contributed by atoms with Gasteiger partial charge in [-0.3, -0.25) is 0 Å². The quantitative estimate of drug-likeness (QED) is 0.696. The van der Waals surface area contributed by atoms with Crippen molar-refractivity contribution in [2.75, 3.05) is 7.05 Å². The van der Waals surface area contributed by atoms with Crippen LogP contribution in [0.2, 0.25) is 0 Å². The summed E-state index contributed by atoms with van der Waals surface area (Å²) in [4.78, 5) is 7.97. The fourth-order valence-corrected chi connectivity index (χ4v) is 1.25. The van der Waals surface area contributed by atoms with Gasteiger partial charge >= 0.3 is 0 Å². The number of nitrogens with zero attached hydrogens (tertiary/aromatic N) is 2. The SMILES string of the molecule is C=CCCC(NC)c1cncnc1. The zero-order valence-electron chi connectivity index (χ0n) is 7.90. The van der Waals surface area contributed by atoms with E-state index in [-0.39, 0.29) is 0 Å². The molecular weight excluding hydrogens is 162 g/mol. The minimum Gasteiger partial charge on any atom is -0.313 e. The van der Waals surface area contributed by atoms with Gasteiger partial charge in [0.1, 0.15) is 6.33 Å².